The van der Waals surface area contributed by atoms with E-state index in [1.165, 1.54) is 0 Å². The van der Waals surface area contributed by atoms with Crippen molar-refractivity contribution >= 4 is 44.3 Å². The van der Waals surface area contributed by atoms with E-state index in [9.17, 15) is 5.11 Å². The predicted octanol–water partition coefficient (Wildman–Crippen LogP) is 4.01. The van der Waals surface area contributed by atoms with E-state index in [1.54, 1.807) is 0 Å². The van der Waals surface area contributed by atoms with Crippen molar-refractivity contribution in [2.24, 2.45) is 0 Å². The van der Waals surface area contributed by atoms with Crippen LogP contribution >= 0.6 is 44.3 Å². The molecule has 0 aliphatic carbocycles. The monoisotopic (exact) mass is 385 g/mol. The van der Waals surface area contributed by atoms with Gasteiger partial charge in [0.25, 0.3) is 0 Å². The van der Waals surface area contributed by atoms with Crippen molar-refractivity contribution in [3.05, 3.63) is 32.7 Å². The largest absolute Gasteiger partial charge is 0.387 e. The summed E-state index contributed by atoms with van der Waals surface area (Å²) < 4.78 is 1.96. The van der Waals surface area contributed by atoms with E-state index >= 15 is 0 Å². The topological polar surface area (TPSA) is 23.5 Å². The Morgan fingerprint density at radius 1 is 1.12 bits per heavy atom. The molecule has 0 saturated heterocycles. The molecule has 0 aromatic heterocycles. The van der Waals surface area contributed by atoms with Gasteiger partial charge in [-0.15, -0.1) is 12.4 Å². The third kappa shape index (κ3) is 5.71. The normalized spacial score (nSPS) is 12.4. The minimum Gasteiger partial charge on any atom is -0.387 e. The average molecular weight is 388 g/mol. The number of hydrogen-bond acceptors (Lipinski definition) is 2. The molecule has 0 amide bonds. The quantitative estimate of drug-likeness (QED) is 0.825. The van der Waals surface area contributed by atoms with Gasteiger partial charge in [-0.05, 0) is 36.9 Å². The molecule has 0 bridgehead atoms. The number of benzene rings is 1. The maximum atomic E-state index is 10.1. The first-order valence-corrected chi connectivity index (χ1v) is 7.01. The highest BCUT2D eigenvalue weighted by Gasteiger charge is 2.12. The third-order valence-corrected chi connectivity index (χ3v) is 3.51. The van der Waals surface area contributed by atoms with Crippen LogP contribution in [-0.4, -0.2) is 29.6 Å². The molecule has 17 heavy (non-hydrogen) atoms. The molecule has 0 saturated carbocycles. The van der Waals surface area contributed by atoms with Crippen LogP contribution in [0.2, 0.25) is 0 Å². The maximum Gasteiger partial charge on any atom is 0.0917 e. The Hall–Kier alpha value is 0.390. The van der Waals surface area contributed by atoms with Gasteiger partial charge in [-0.3, -0.25) is 0 Å². The van der Waals surface area contributed by atoms with Crippen molar-refractivity contribution < 1.29 is 5.11 Å². The van der Waals surface area contributed by atoms with Crippen LogP contribution in [0.1, 0.15) is 25.5 Å². The lowest BCUT2D eigenvalue weighted by molar-refractivity contribution is 0.119. The lowest BCUT2D eigenvalue weighted by atomic mass is 10.1. The Balaban J connectivity index is 0.00000256. The number of nitrogens with zero attached hydrogens (tertiary/aromatic N) is 1. The molecule has 1 aromatic rings. The van der Waals surface area contributed by atoms with Crippen molar-refractivity contribution in [3.63, 3.8) is 0 Å². The highest BCUT2D eigenvalue weighted by atomic mass is 79.9. The summed E-state index contributed by atoms with van der Waals surface area (Å²) in [5.74, 6) is 0. The minimum absolute atomic E-state index is 0. The molecule has 0 heterocycles. The number of halogens is 3. The second-order valence-electron chi connectivity index (χ2n) is 3.70. The molecule has 1 atom stereocenters. The summed E-state index contributed by atoms with van der Waals surface area (Å²) >= 11 is 6.85. The van der Waals surface area contributed by atoms with Gasteiger partial charge in [0.05, 0.1) is 6.10 Å². The van der Waals surface area contributed by atoms with Crippen molar-refractivity contribution in [1.29, 1.82) is 0 Å². The van der Waals surface area contributed by atoms with E-state index in [4.69, 9.17) is 0 Å². The van der Waals surface area contributed by atoms with E-state index in [0.717, 1.165) is 27.6 Å². The number of rotatable bonds is 5. The molecule has 1 aromatic carbocycles. The summed E-state index contributed by atoms with van der Waals surface area (Å²) in [6, 6.07) is 5.88. The molecule has 98 valence electrons. The van der Waals surface area contributed by atoms with Crippen molar-refractivity contribution in [3.8, 4) is 0 Å². The van der Waals surface area contributed by atoms with Gasteiger partial charge in [-0.2, -0.15) is 0 Å². The maximum absolute atomic E-state index is 10.1. The molecule has 0 radical (unpaired) electrons. The lowest BCUT2D eigenvalue weighted by Crippen LogP contribution is -2.28. The molecule has 0 aliphatic rings. The minimum atomic E-state index is -0.436. The fraction of sp³-hybridized carbons (Fsp3) is 0.500. The predicted molar refractivity (Wildman–Crippen MR) is 81.8 cm³/mol. The van der Waals surface area contributed by atoms with Gasteiger partial charge in [-0.25, -0.2) is 0 Å². The zero-order valence-corrected chi connectivity index (χ0v) is 14.0. The van der Waals surface area contributed by atoms with E-state index < -0.39 is 6.10 Å². The Labute approximate surface area is 126 Å². The Kier molecular flexibility index (Phi) is 8.68. The lowest BCUT2D eigenvalue weighted by Gasteiger charge is -2.22. The molecule has 5 heteroatoms. The van der Waals surface area contributed by atoms with Crippen LogP contribution in [0.25, 0.3) is 0 Å². The molecular weight excluding hydrogens is 369 g/mol. The van der Waals surface area contributed by atoms with Crippen LogP contribution in [0.15, 0.2) is 27.1 Å². The first-order valence-electron chi connectivity index (χ1n) is 5.43. The van der Waals surface area contributed by atoms with E-state index in [0.29, 0.717) is 6.54 Å². The fourth-order valence-electron chi connectivity index (χ4n) is 1.60. The van der Waals surface area contributed by atoms with Gasteiger partial charge in [0.15, 0.2) is 0 Å². The highest BCUT2D eigenvalue weighted by molar-refractivity contribution is 9.11. The van der Waals surface area contributed by atoms with Crippen LogP contribution in [0, 0.1) is 0 Å². The molecule has 1 N–H and O–H groups in total. The van der Waals surface area contributed by atoms with E-state index in [-0.39, 0.29) is 12.4 Å². The Morgan fingerprint density at radius 2 is 1.59 bits per heavy atom. The van der Waals surface area contributed by atoms with Gasteiger partial charge in [0, 0.05) is 15.5 Å². The number of likely N-dealkylation sites (N-methyl/N-ethyl adjacent to an activating group) is 1. The van der Waals surface area contributed by atoms with Crippen molar-refractivity contribution in [2.75, 3.05) is 19.6 Å². The molecular formula is C12H18Br2ClNO. The van der Waals surface area contributed by atoms with Crippen molar-refractivity contribution in [2.45, 2.75) is 20.0 Å². The molecule has 0 fully saturated rings. The van der Waals surface area contributed by atoms with Crippen LogP contribution in [0.4, 0.5) is 0 Å². The molecule has 2 nitrogen and oxygen atoms in total. The standard InChI is InChI=1S/C12H17Br2NO.ClH/c1-3-15(4-2)8-12(16)9-5-10(13)7-11(14)6-9;/h5-7,12,16H,3-4,8H2,1-2H3;1H. The summed E-state index contributed by atoms with van der Waals surface area (Å²) in [5.41, 5.74) is 0.938. The highest BCUT2D eigenvalue weighted by Crippen LogP contribution is 2.24. The zero-order chi connectivity index (χ0) is 12.1. The summed E-state index contributed by atoms with van der Waals surface area (Å²) in [5, 5.41) is 10.1. The van der Waals surface area contributed by atoms with E-state index in [1.807, 2.05) is 18.2 Å². The van der Waals surface area contributed by atoms with Gasteiger partial charge in [0.2, 0.25) is 0 Å². The summed E-state index contributed by atoms with van der Waals surface area (Å²) in [4.78, 5) is 2.21. The van der Waals surface area contributed by atoms with Gasteiger partial charge < -0.3 is 10.0 Å². The van der Waals surface area contributed by atoms with Crippen LogP contribution in [-0.2, 0) is 0 Å². The number of hydrogen-bond donors (Lipinski definition) is 1. The second-order valence-corrected chi connectivity index (χ2v) is 5.54. The van der Waals surface area contributed by atoms with Gasteiger partial charge in [0.1, 0.15) is 0 Å². The summed E-state index contributed by atoms with van der Waals surface area (Å²) in [6.45, 7) is 6.81. The SMILES string of the molecule is CCN(CC)CC(O)c1cc(Br)cc(Br)c1.Cl. The molecule has 0 spiro atoms. The van der Waals surface area contributed by atoms with Crippen LogP contribution in [0.5, 0.6) is 0 Å². The number of aliphatic hydroxyl groups excluding tert-OH is 1. The Bertz CT molecular complexity index is 325. The molecule has 0 aliphatic heterocycles. The van der Waals surface area contributed by atoms with Crippen LogP contribution in [0.3, 0.4) is 0 Å². The smallest absolute Gasteiger partial charge is 0.0917 e. The Morgan fingerprint density at radius 3 is 2.00 bits per heavy atom. The molecule has 1 unspecified atom stereocenters. The van der Waals surface area contributed by atoms with E-state index in [2.05, 4.69) is 50.6 Å². The van der Waals surface area contributed by atoms with Crippen molar-refractivity contribution in [1.82, 2.24) is 4.90 Å². The first kappa shape index (κ1) is 17.4. The number of aliphatic hydroxyl groups is 1. The second kappa shape index (κ2) is 8.48. The zero-order valence-electron chi connectivity index (χ0n) is 9.99. The van der Waals surface area contributed by atoms with Crippen LogP contribution < -0.4 is 0 Å². The third-order valence-electron chi connectivity index (χ3n) is 2.60. The average Bonchev–Trinajstić information content (AvgIpc) is 2.24. The first-order chi connectivity index (χ1) is 7.56. The fourth-order valence-corrected chi connectivity index (χ4v) is 2.93. The molecule has 1 rings (SSSR count). The van der Waals surface area contributed by atoms with Gasteiger partial charge in [-0.1, -0.05) is 45.7 Å². The summed E-state index contributed by atoms with van der Waals surface area (Å²) in [6.07, 6.45) is -0.436. The van der Waals surface area contributed by atoms with Gasteiger partial charge >= 0.3 is 0 Å². The summed E-state index contributed by atoms with van der Waals surface area (Å²) in [7, 11) is 0.